The van der Waals surface area contributed by atoms with Gasteiger partial charge in [0.15, 0.2) is 0 Å². The fourth-order valence-electron chi connectivity index (χ4n) is 1.40. The van der Waals surface area contributed by atoms with Gasteiger partial charge < -0.3 is 5.32 Å². The third kappa shape index (κ3) is 3.22. The van der Waals surface area contributed by atoms with Crippen molar-refractivity contribution in [2.24, 2.45) is 0 Å². The molecule has 2 aromatic rings. The monoisotopic (exact) mass is 374 g/mol. The molecule has 0 saturated heterocycles. The molecule has 0 spiro atoms. The molecule has 0 aliphatic carbocycles. The number of nitrogens with zero attached hydrogens (tertiary/aromatic N) is 3. The highest BCUT2D eigenvalue weighted by Crippen LogP contribution is 2.15. The van der Waals surface area contributed by atoms with Crippen LogP contribution in [0.2, 0.25) is 0 Å². The van der Waals surface area contributed by atoms with Crippen molar-refractivity contribution in [1.82, 2.24) is 14.6 Å². The first-order valence-electron chi connectivity index (χ1n) is 5.45. The molecule has 0 bridgehead atoms. The van der Waals surface area contributed by atoms with Crippen molar-refractivity contribution in [2.45, 2.75) is 19.8 Å². The number of anilines is 1. The molecule has 0 aromatic carbocycles. The van der Waals surface area contributed by atoms with Gasteiger partial charge in [-0.3, -0.25) is 4.79 Å². The first-order valence-corrected chi connectivity index (χ1v) is 7.30. The Morgan fingerprint density at radius 2 is 2.33 bits per heavy atom. The maximum atomic E-state index is 12.0. The number of hydrogen-bond acceptors (Lipinski definition) is 5. The van der Waals surface area contributed by atoms with E-state index in [-0.39, 0.29) is 5.91 Å². The number of pyridine rings is 1. The Balaban J connectivity index is 2.11. The summed E-state index contributed by atoms with van der Waals surface area (Å²) in [6.45, 7) is 2.04. The largest absolute Gasteiger partial charge is 0.306 e. The minimum atomic E-state index is -0.192. The number of hydrogen-bond donors (Lipinski definition) is 1. The number of aryl methyl sites for hydroxylation is 1. The Morgan fingerprint density at radius 3 is 3.00 bits per heavy atom. The molecule has 2 rings (SSSR count). The fourth-order valence-corrected chi connectivity index (χ4v) is 2.33. The minimum Gasteiger partial charge on any atom is -0.306 e. The average Bonchev–Trinajstić information content (AvgIpc) is 2.81. The van der Waals surface area contributed by atoms with Gasteiger partial charge in [0, 0.05) is 9.77 Å². The van der Waals surface area contributed by atoms with Crippen LogP contribution in [0.1, 0.15) is 28.7 Å². The predicted molar refractivity (Wildman–Crippen MR) is 78.8 cm³/mol. The van der Waals surface area contributed by atoms with Crippen LogP contribution in [0, 0.1) is 3.57 Å². The van der Waals surface area contributed by atoms with E-state index in [1.807, 2.05) is 13.0 Å². The van der Waals surface area contributed by atoms with Gasteiger partial charge in [-0.2, -0.15) is 0 Å². The molecule has 0 atom stereocenters. The Bertz CT molecular complexity index is 540. The number of rotatable bonds is 4. The number of aromatic nitrogens is 3. The van der Waals surface area contributed by atoms with Crippen LogP contribution in [0.4, 0.5) is 5.82 Å². The molecule has 0 unspecified atom stereocenters. The van der Waals surface area contributed by atoms with E-state index < -0.39 is 0 Å². The van der Waals surface area contributed by atoms with E-state index >= 15 is 0 Å². The lowest BCUT2D eigenvalue weighted by molar-refractivity contribution is 0.102. The predicted octanol–water partition coefficient (Wildman–Crippen LogP) is 2.74. The lowest BCUT2D eigenvalue weighted by atomic mass is 10.2. The molecule has 0 aliphatic rings. The topological polar surface area (TPSA) is 67.8 Å². The van der Waals surface area contributed by atoms with E-state index in [9.17, 15) is 4.79 Å². The van der Waals surface area contributed by atoms with E-state index in [0.29, 0.717) is 10.7 Å². The molecule has 0 fully saturated rings. The van der Waals surface area contributed by atoms with Crippen LogP contribution >= 0.6 is 34.1 Å². The zero-order valence-electron chi connectivity index (χ0n) is 9.68. The lowest BCUT2D eigenvalue weighted by Crippen LogP contribution is -2.13. The number of nitrogens with one attached hydrogen (secondary N) is 1. The highest BCUT2D eigenvalue weighted by atomic mass is 127. The second-order valence-electron chi connectivity index (χ2n) is 3.61. The summed E-state index contributed by atoms with van der Waals surface area (Å²) < 4.78 is 4.85. The summed E-state index contributed by atoms with van der Waals surface area (Å²) in [6.07, 6.45) is 3.40. The molecular weight excluding hydrogens is 363 g/mol. The van der Waals surface area contributed by atoms with E-state index in [1.54, 1.807) is 12.3 Å². The lowest BCUT2D eigenvalue weighted by Gasteiger charge is -2.03. The van der Waals surface area contributed by atoms with Gasteiger partial charge in [0.1, 0.15) is 10.7 Å². The number of carbonyl (C=O) groups excluding carboxylic acids is 1. The highest BCUT2D eigenvalue weighted by Gasteiger charge is 2.15. The smallest absolute Gasteiger partial charge is 0.270 e. The summed E-state index contributed by atoms with van der Waals surface area (Å²) in [5.74, 6) is 0.346. The second kappa shape index (κ2) is 6.19. The molecule has 94 valence electrons. The van der Waals surface area contributed by atoms with Gasteiger partial charge in [0.25, 0.3) is 5.91 Å². The molecule has 1 N–H and O–H groups in total. The average molecular weight is 374 g/mol. The first-order chi connectivity index (χ1) is 8.70. The van der Waals surface area contributed by atoms with Crippen molar-refractivity contribution < 1.29 is 4.79 Å². The molecule has 2 heterocycles. The Morgan fingerprint density at radius 1 is 1.50 bits per heavy atom. The summed E-state index contributed by atoms with van der Waals surface area (Å²) in [4.78, 5) is 16.7. The van der Waals surface area contributed by atoms with Crippen LogP contribution in [0.5, 0.6) is 0 Å². The summed E-state index contributed by atoms with van der Waals surface area (Å²) in [5, 5.41) is 6.72. The van der Waals surface area contributed by atoms with Crippen molar-refractivity contribution in [2.75, 3.05) is 5.32 Å². The van der Waals surface area contributed by atoms with Gasteiger partial charge in [0.2, 0.25) is 0 Å². The van der Waals surface area contributed by atoms with Gasteiger partial charge in [-0.25, -0.2) is 4.98 Å². The Hall–Kier alpha value is -1.09. The van der Waals surface area contributed by atoms with Gasteiger partial charge in [0.05, 0.1) is 5.69 Å². The maximum absolute atomic E-state index is 12.0. The molecule has 7 heteroatoms. The molecule has 5 nitrogen and oxygen atoms in total. The van der Waals surface area contributed by atoms with Gasteiger partial charge >= 0.3 is 0 Å². The molecule has 1 amide bonds. The summed E-state index contributed by atoms with van der Waals surface area (Å²) in [7, 11) is 0. The third-order valence-corrected chi connectivity index (χ3v) is 3.62. The summed E-state index contributed by atoms with van der Waals surface area (Å²) in [6, 6.07) is 3.66. The molecule has 0 radical (unpaired) electrons. The second-order valence-corrected chi connectivity index (χ2v) is 5.61. The SMILES string of the molecule is CCCc1nnsc1C(=O)Nc1ccc(I)cn1. The van der Waals surface area contributed by atoms with Crippen LogP contribution < -0.4 is 5.32 Å². The van der Waals surface area contributed by atoms with Gasteiger partial charge in [-0.05, 0) is 52.7 Å². The van der Waals surface area contributed by atoms with Crippen molar-refractivity contribution in [1.29, 1.82) is 0 Å². The first kappa shape index (κ1) is 13.3. The van der Waals surface area contributed by atoms with E-state index in [2.05, 4.69) is 42.5 Å². The number of amides is 1. The van der Waals surface area contributed by atoms with Gasteiger partial charge in [-0.15, -0.1) is 5.10 Å². The third-order valence-electron chi connectivity index (χ3n) is 2.22. The van der Waals surface area contributed by atoms with E-state index in [0.717, 1.165) is 33.6 Å². The molecule has 0 saturated carbocycles. The van der Waals surface area contributed by atoms with Crippen LogP contribution in [-0.4, -0.2) is 20.5 Å². The summed E-state index contributed by atoms with van der Waals surface area (Å²) >= 11 is 3.28. The number of halogens is 1. The van der Waals surface area contributed by atoms with Crippen LogP contribution in [0.15, 0.2) is 18.3 Å². The zero-order valence-corrected chi connectivity index (χ0v) is 12.7. The standard InChI is InChI=1S/C11H11IN4OS/c1-2-3-8-10(18-16-15-8)11(17)14-9-5-4-7(12)6-13-9/h4-6H,2-3H2,1H3,(H,13,14,17). The molecular formula is C11H11IN4OS. The van der Waals surface area contributed by atoms with Crippen molar-refractivity contribution in [3.8, 4) is 0 Å². The molecule has 2 aromatic heterocycles. The molecule has 18 heavy (non-hydrogen) atoms. The van der Waals surface area contributed by atoms with Crippen molar-refractivity contribution in [3.05, 3.63) is 32.5 Å². The molecule has 0 aliphatic heterocycles. The van der Waals surface area contributed by atoms with Crippen LogP contribution in [-0.2, 0) is 6.42 Å². The van der Waals surface area contributed by atoms with Crippen molar-refractivity contribution in [3.63, 3.8) is 0 Å². The van der Waals surface area contributed by atoms with E-state index in [4.69, 9.17) is 0 Å². The highest BCUT2D eigenvalue weighted by molar-refractivity contribution is 14.1. The Kier molecular flexibility index (Phi) is 4.59. The van der Waals surface area contributed by atoms with Crippen LogP contribution in [0.3, 0.4) is 0 Å². The normalized spacial score (nSPS) is 10.3. The van der Waals surface area contributed by atoms with Gasteiger partial charge in [-0.1, -0.05) is 17.8 Å². The number of carbonyl (C=O) groups is 1. The van der Waals surface area contributed by atoms with Crippen LogP contribution in [0.25, 0.3) is 0 Å². The quantitative estimate of drug-likeness (QED) is 0.836. The Labute approximate surface area is 122 Å². The zero-order chi connectivity index (χ0) is 13.0. The maximum Gasteiger partial charge on any atom is 0.270 e. The van der Waals surface area contributed by atoms with Crippen molar-refractivity contribution >= 4 is 45.8 Å². The van der Waals surface area contributed by atoms with E-state index in [1.165, 1.54) is 0 Å². The fraction of sp³-hybridized carbons (Fsp3) is 0.273. The summed E-state index contributed by atoms with van der Waals surface area (Å²) in [5.41, 5.74) is 0.755. The minimum absolute atomic E-state index is 0.192.